The van der Waals surface area contributed by atoms with Gasteiger partial charge < -0.3 is 15.2 Å². The van der Waals surface area contributed by atoms with Crippen molar-refractivity contribution >= 4 is 29.2 Å². The number of amides is 1. The Balaban J connectivity index is 1.89. The number of hydrogen-bond donors (Lipinski definition) is 2. The van der Waals surface area contributed by atoms with Crippen LogP contribution in [0.15, 0.2) is 72.8 Å². The number of carbonyl (C=O) groups excluding carboxylic acids is 1. The standard InChI is InChI=1S/C20H14ClNO4/c21-13-10-11-15(20(24)25)16(12-13)19(23)22-17-8-4-5-9-18(17)26-14-6-2-1-3-7-14/h1-12H,(H,22,23)(H,24,25). The minimum absolute atomic E-state index is 0.0282. The lowest BCUT2D eigenvalue weighted by atomic mass is 10.1. The molecule has 6 heteroatoms. The van der Waals surface area contributed by atoms with E-state index in [4.69, 9.17) is 16.3 Å². The van der Waals surface area contributed by atoms with Crippen molar-refractivity contribution in [2.75, 3.05) is 5.32 Å². The lowest BCUT2D eigenvalue weighted by Crippen LogP contribution is -2.16. The van der Waals surface area contributed by atoms with Crippen LogP contribution in [0.25, 0.3) is 0 Å². The van der Waals surface area contributed by atoms with Crippen LogP contribution in [0.1, 0.15) is 20.7 Å². The van der Waals surface area contributed by atoms with Crippen LogP contribution in [-0.4, -0.2) is 17.0 Å². The summed E-state index contributed by atoms with van der Waals surface area (Å²) >= 11 is 5.91. The first-order chi connectivity index (χ1) is 12.5. The Morgan fingerprint density at radius 3 is 2.31 bits per heavy atom. The van der Waals surface area contributed by atoms with Crippen LogP contribution in [0.2, 0.25) is 5.02 Å². The minimum atomic E-state index is -1.21. The maximum Gasteiger partial charge on any atom is 0.336 e. The van der Waals surface area contributed by atoms with Gasteiger partial charge in [0, 0.05) is 5.02 Å². The van der Waals surface area contributed by atoms with Gasteiger partial charge >= 0.3 is 5.97 Å². The first-order valence-corrected chi connectivity index (χ1v) is 8.08. The van der Waals surface area contributed by atoms with Gasteiger partial charge in [-0.3, -0.25) is 4.79 Å². The van der Waals surface area contributed by atoms with Gasteiger partial charge in [-0.15, -0.1) is 0 Å². The fourth-order valence-corrected chi connectivity index (χ4v) is 2.53. The van der Waals surface area contributed by atoms with Gasteiger partial charge in [0.15, 0.2) is 5.75 Å². The molecule has 0 unspecified atom stereocenters. The number of hydrogen-bond acceptors (Lipinski definition) is 3. The molecule has 1 amide bonds. The summed E-state index contributed by atoms with van der Waals surface area (Å²) in [6.45, 7) is 0. The van der Waals surface area contributed by atoms with E-state index in [2.05, 4.69) is 5.32 Å². The van der Waals surface area contributed by atoms with Gasteiger partial charge in [-0.05, 0) is 42.5 Å². The minimum Gasteiger partial charge on any atom is -0.478 e. The monoisotopic (exact) mass is 367 g/mol. The zero-order chi connectivity index (χ0) is 18.5. The summed E-state index contributed by atoms with van der Waals surface area (Å²) in [7, 11) is 0. The Morgan fingerprint density at radius 1 is 0.885 bits per heavy atom. The molecule has 0 fully saturated rings. The maximum atomic E-state index is 12.6. The van der Waals surface area contributed by atoms with Crippen molar-refractivity contribution in [3.05, 3.63) is 88.9 Å². The lowest BCUT2D eigenvalue weighted by Gasteiger charge is -2.13. The molecule has 0 saturated heterocycles. The molecular weight excluding hydrogens is 354 g/mol. The third-order valence-corrected chi connectivity index (χ3v) is 3.80. The molecule has 3 aromatic rings. The molecule has 2 N–H and O–H groups in total. The van der Waals surface area contributed by atoms with Crippen LogP contribution in [0.3, 0.4) is 0 Å². The first kappa shape index (κ1) is 17.5. The Hall–Kier alpha value is -3.31. The Labute approximate surface area is 154 Å². The second-order valence-corrected chi connectivity index (χ2v) is 5.80. The summed E-state index contributed by atoms with van der Waals surface area (Å²) in [6, 6.07) is 20.0. The number of carboxylic acids is 1. The summed E-state index contributed by atoms with van der Waals surface area (Å²) in [4.78, 5) is 24.0. The number of para-hydroxylation sites is 3. The second-order valence-electron chi connectivity index (χ2n) is 5.36. The largest absolute Gasteiger partial charge is 0.478 e. The zero-order valence-electron chi connectivity index (χ0n) is 13.5. The van der Waals surface area contributed by atoms with Gasteiger partial charge in [-0.1, -0.05) is 41.9 Å². The van der Waals surface area contributed by atoms with E-state index in [-0.39, 0.29) is 16.1 Å². The third-order valence-electron chi connectivity index (χ3n) is 3.56. The van der Waals surface area contributed by atoms with Gasteiger partial charge in [-0.25, -0.2) is 4.79 Å². The van der Waals surface area contributed by atoms with Crippen LogP contribution in [0.5, 0.6) is 11.5 Å². The number of nitrogens with one attached hydrogen (secondary N) is 1. The van der Waals surface area contributed by atoms with Gasteiger partial charge in [0.25, 0.3) is 5.91 Å². The number of ether oxygens (including phenoxy) is 1. The van der Waals surface area contributed by atoms with E-state index in [1.807, 2.05) is 18.2 Å². The highest BCUT2D eigenvalue weighted by molar-refractivity contribution is 6.31. The highest BCUT2D eigenvalue weighted by atomic mass is 35.5. The number of carbonyl (C=O) groups is 2. The van der Waals surface area contributed by atoms with E-state index >= 15 is 0 Å². The zero-order valence-corrected chi connectivity index (χ0v) is 14.2. The van der Waals surface area contributed by atoms with Crippen LogP contribution in [-0.2, 0) is 0 Å². The highest BCUT2D eigenvalue weighted by Crippen LogP contribution is 2.30. The highest BCUT2D eigenvalue weighted by Gasteiger charge is 2.18. The summed E-state index contributed by atoms with van der Waals surface area (Å²) in [5, 5.41) is 12.2. The van der Waals surface area contributed by atoms with Gasteiger partial charge in [-0.2, -0.15) is 0 Å². The van der Waals surface area contributed by atoms with Crippen LogP contribution in [0.4, 0.5) is 5.69 Å². The number of carboxylic acid groups (broad SMARTS) is 1. The number of aromatic carboxylic acids is 1. The topological polar surface area (TPSA) is 75.6 Å². The molecule has 0 radical (unpaired) electrons. The molecule has 0 atom stereocenters. The molecule has 0 saturated carbocycles. The van der Waals surface area contributed by atoms with Crippen molar-refractivity contribution < 1.29 is 19.4 Å². The third kappa shape index (κ3) is 4.02. The lowest BCUT2D eigenvalue weighted by molar-refractivity contribution is 0.0692. The van der Waals surface area contributed by atoms with E-state index in [1.54, 1.807) is 36.4 Å². The number of benzene rings is 3. The summed E-state index contributed by atoms with van der Waals surface area (Å²) < 4.78 is 5.79. The van der Waals surface area contributed by atoms with Crippen molar-refractivity contribution in [1.29, 1.82) is 0 Å². The molecule has 0 heterocycles. The fourth-order valence-electron chi connectivity index (χ4n) is 2.35. The van der Waals surface area contributed by atoms with Gasteiger partial charge in [0.2, 0.25) is 0 Å². The van der Waals surface area contributed by atoms with Crippen LogP contribution >= 0.6 is 11.6 Å². The Morgan fingerprint density at radius 2 is 1.58 bits per heavy atom. The molecule has 130 valence electrons. The van der Waals surface area contributed by atoms with Crippen molar-refractivity contribution in [1.82, 2.24) is 0 Å². The molecular formula is C20H14ClNO4. The average molecular weight is 368 g/mol. The smallest absolute Gasteiger partial charge is 0.336 e. The Kier molecular flexibility index (Phi) is 5.20. The molecule has 5 nitrogen and oxygen atoms in total. The second kappa shape index (κ2) is 7.72. The molecule has 0 aromatic heterocycles. The van der Waals surface area contributed by atoms with E-state index in [0.29, 0.717) is 17.2 Å². The quantitative estimate of drug-likeness (QED) is 0.659. The number of rotatable bonds is 5. The molecule has 0 spiro atoms. The van der Waals surface area contributed by atoms with Crippen LogP contribution in [0, 0.1) is 0 Å². The van der Waals surface area contributed by atoms with E-state index in [1.165, 1.54) is 18.2 Å². The Bertz CT molecular complexity index is 957. The molecule has 3 rings (SSSR count). The fraction of sp³-hybridized carbons (Fsp3) is 0. The number of halogens is 1. The average Bonchev–Trinajstić information content (AvgIpc) is 2.64. The number of anilines is 1. The van der Waals surface area contributed by atoms with E-state index in [9.17, 15) is 14.7 Å². The van der Waals surface area contributed by atoms with Crippen molar-refractivity contribution in [2.24, 2.45) is 0 Å². The van der Waals surface area contributed by atoms with Crippen molar-refractivity contribution in [3.63, 3.8) is 0 Å². The van der Waals surface area contributed by atoms with Gasteiger partial charge in [0.1, 0.15) is 5.75 Å². The predicted molar refractivity (Wildman–Crippen MR) is 99.3 cm³/mol. The SMILES string of the molecule is O=C(O)c1ccc(Cl)cc1C(=O)Nc1ccccc1Oc1ccccc1. The van der Waals surface area contributed by atoms with Crippen LogP contribution < -0.4 is 10.1 Å². The normalized spacial score (nSPS) is 10.2. The van der Waals surface area contributed by atoms with E-state index in [0.717, 1.165) is 0 Å². The van der Waals surface area contributed by atoms with Crippen molar-refractivity contribution in [2.45, 2.75) is 0 Å². The maximum absolute atomic E-state index is 12.6. The summed E-state index contributed by atoms with van der Waals surface area (Å²) in [5.41, 5.74) is 0.255. The van der Waals surface area contributed by atoms with Crippen molar-refractivity contribution in [3.8, 4) is 11.5 Å². The predicted octanol–water partition coefficient (Wildman–Crippen LogP) is 5.08. The molecule has 0 aliphatic carbocycles. The first-order valence-electron chi connectivity index (χ1n) is 7.71. The summed E-state index contributed by atoms with van der Waals surface area (Å²) in [6.07, 6.45) is 0. The molecule has 0 aliphatic heterocycles. The molecule has 0 bridgehead atoms. The van der Waals surface area contributed by atoms with Gasteiger partial charge in [0.05, 0.1) is 16.8 Å². The molecule has 3 aromatic carbocycles. The van der Waals surface area contributed by atoms with E-state index < -0.39 is 11.9 Å². The summed E-state index contributed by atoms with van der Waals surface area (Å²) in [5.74, 6) is -0.746. The molecule has 0 aliphatic rings. The molecule has 26 heavy (non-hydrogen) atoms.